The van der Waals surface area contributed by atoms with Gasteiger partial charge in [0.05, 0.1) is 12.0 Å². The topological polar surface area (TPSA) is 37.3 Å². The minimum atomic E-state index is -0.882. The lowest BCUT2D eigenvalue weighted by atomic mass is 9.76. The average Bonchev–Trinajstić information content (AvgIpc) is 2.53. The molecule has 0 saturated heterocycles. The van der Waals surface area contributed by atoms with Crippen molar-refractivity contribution >= 4 is 5.78 Å². The van der Waals surface area contributed by atoms with Gasteiger partial charge in [0, 0.05) is 5.41 Å². The number of benzene rings is 2. The molecule has 0 aliphatic carbocycles. The van der Waals surface area contributed by atoms with E-state index in [-0.39, 0.29) is 11.6 Å². The number of hydrogen-bond donors (Lipinski definition) is 1. The number of carbonyl (C=O) groups is 1. The Balaban J connectivity index is 2.31. The van der Waals surface area contributed by atoms with Crippen LogP contribution in [-0.4, -0.2) is 10.9 Å². The van der Waals surface area contributed by atoms with Crippen LogP contribution in [-0.2, 0) is 11.2 Å². The van der Waals surface area contributed by atoms with Crippen LogP contribution in [0.4, 0.5) is 4.39 Å². The van der Waals surface area contributed by atoms with Crippen molar-refractivity contribution in [3.8, 4) is 0 Å². The molecule has 2 nitrogen and oxygen atoms in total. The summed E-state index contributed by atoms with van der Waals surface area (Å²) in [6.45, 7) is 5.56. The molecule has 0 aromatic heterocycles. The summed E-state index contributed by atoms with van der Waals surface area (Å²) >= 11 is 0. The number of aliphatic hydroxyl groups excluding tert-OH is 1. The molecule has 0 aliphatic heterocycles. The van der Waals surface area contributed by atoms with Gasteiger partial charge in [-0.3, -0.25) is 4.79 Å². The van der Waals surface area contributed by atoms with Crippen LogP contribution in [0, 0.1) is 17.2 Å². The van der Waals surface area contributed by atoms with E-state index >= 15 is 0 Å². The molecule has 0 unspecified atom stereocenters. The van der Waals surface area contributed by atoms with Crippen LogP contribution in [0.15, 0.2) is 54.6 Å². The van der Waals surface area contributed by atoms with E-state index in [0.717, 1.165) is 11.1 Å². The van der Waals surface area contributed by atoms with Crippen LogP contribution in [0.25, 0.3) is 0 Å². The van der Waals surface area contributed by atoms with E-state index in [0.29, 0.717) is 6.42 Å². The third-order valence-electron chi connectivity index (χ3n) is 3.97. The first kappa shape index (κ1) is 17.4. The van der Waals surface area contributed by atoms with Crippen LogP contribution in [0.3, 0.4) is 0 Å². The Morgan fingerprint density at radius 2 is 1.61 bits per heavy atom. The van der Waals surface area contributed by atoms with Gasteiger partial charge in [0.1, 0.15) is 11.6 Å². The number of carbonyl (C=O) groups excluding carboxylic acids is 1. The fourth-order valence-electron chi connectivity index (χ4n) is 2.66. The molecular formula is C20H23FO2. The normalized spacial score (nSPS) is 14.3. The predicted molar refractivity (Wildman–Crippen MR) is 89.5 cm³/mol. The van der Waals surface area contributed by atoms with Gasteiger partial charge in [0.15, 0.2) is 0 Å². The van der Waals surface area contributed by atoms with E-state index < -0.39 is 17.4 Å². The third kappa shape index (κ3) is 4.49. The molecule has 0 fully saturated rings. The Morgan fingerprint density at radius 1 is 1.04 bits per heavy atom. The highest BCUT2D eigenvalue weighted by molar-refractivity contribution is 5.86. The van der Waals surface area contributed by atoms with Crippen molar-refractivity contribution in [1.82, 2.24) is 0 Å². The van der Waals surface area contributed by atoms with Gasteiger partial charge in [-0.1, -0.05) is 63.2 Å². The number of ketones is 1. The summed E-state index contributed by atoms with van der Waals surface area (Å²) in [4.78, 5) is 12.8. The summed E-state index contributed by atoms with van der Waals surface area (Å²) in [5, 5.41) is 10.7. The molecule has 0 bridgehead atoms. The lowest BCUT2D eigenvalue weighted by molar-refractivity contribution is -0.134. The van der Waals surface area contributed by atoms with Crippen LogP contribution in [0.5, 0.6) is 0 Å². The van der Waals surface area contributed by atoms with Crippen molar-refractivity contribution in [3.63, 3.8) is 0 Å². The SMILES string of the molecule is CC(C)(C)C(=O)[C@H](Cc1ccc(F)cc1)[C@@H](O)c1ccccc1. The van der Waals surface area contributed by atoms with Gasteiger partial charge in [0.2, 0.25) is 0 Å². The van der Waals surface area contributed by atoms with E-state index in [1.54, 1.807) is 12.1 Å². The maximum Gasteiger partial charge on any atom is 0.144 e. The van der Waals surface area contributed by atoms with Crippen molar-refractivity contribution < 1.29 is 14.3 Å². The number of rotatable bonds is 5. The fraction of sp³-hybridized carbons (Fsp3) is 0.350. The molecule has 3 heteroatoms. The quantitative estimate of drug-likeness (QED) is 0.891. The predicted octanol–water partition coefficient (Wildman–Crippen LogP) is 4.33. The Morgan fingerprint density at radius 3 is 2.13 bits per heavy atom. The fourth-order valence-corrected chi connectivity index (χ4v) is 2.66. The lowest BCUT2D eigenvalue weighted by Crippen LogP contribution is -2.33. The van der Waals surface area contributed by atoms with E-state index in [9.17, 15) is 14.3 Å². The molecule has 2 aromatic rings. The van der Waals surface area contributed by atoms with Gasteiger partial charge >= 0.3 is 0 Å². The highest BCUT2D eigenvalue weighted by atomic mass is 19.1. The number of Topliss-reactive ketones (excluding diaryl/α,β-unsaturated/α-hetero) is 1. The second-order valence-electron chi connectivity index (χ2n) is 6.91. The molecule has 0 saturated carbocycles. The molecule has 0 spiro atoms. The zero-order chi connectivity index (χ0) is 17.0. The van der Waals surface area contributed by atoms with Crippen LogP contribution >= 0.6 is 0 Å². The Labute approximate surface area is 137 Å². The first-order valence-corrected chi connectivity index (χ1v) is 7.81. The maximum absolute atomic E-state index is 13.1. The van der Waals surface area contributed by atoms with E-state index in [4.69, 9.17) is 0 Å². The van der Waals surface area contributed by atoms with E-state index in [1.165, 1.54) is 12.1 Å². The van der Waals surface area contributed by atoms with Crippen LogP contribution in [0.1, 0.15) is 38.0 Å². The summed E-state index contributed by atoms with van der Waals surface area (Å²) < 4.78 is 13.1. The second kappa shape index (κ2) is 7.05. The minimum Gasteiger partial charge on any atom is -0.388 e. The molecule has 0 radical (unpaired) electrons. The number of aliphatic hydroxyl groups is 1. The molecule has 2 rings (SSSR count). The highest BCUT2D eigenvalue weighted by Crippen LogP contribution is 2.32. The molecule has 2 aromatic carbocycles. The standard InChI is InChI=1S/C20H23FO2/c1-20(2,3)19(23)17(13-14-9-11-16(21)12-10-14)18(22)15-7-5-4-6-8-15/h4-12,17-18,22H,13H2,1-3H3/t17-,18+/m1/s1. The number of halogens is 1. The molecule has 2 atom stereocenters. The van der Waals surface area contributed by atoms with Crippen molar-refractivity contribution in [3.05, 3.63) is 71.5 Å². The summed E-state index contributed by atoms with van der Waals surface area (Å²) in [5.74, 6) is -0.878. The molecular weight excluding hydrogens is 291 g/mol. The zero-order valence-electron chi connectivity index (χ0n) is 13.8. The Bertz CT molecular complexity index is 642. The summed E-state index contributed by atoms with van der Waals surface area (Å²) in [6.07, 6.45) is -0.500. The van der Waals surface area contributed by atoms with Gasteiger partial charge < -0.3 is 5.11 Å². The van der Waals surface area contributed by atoms with Crippen LogP contribution in [0.2, 0.25) is 0 Å². The zero-order valence-corrected chi connectivity index (χ0v) is 13.8. The largest absolute Gasteiger partial charge is 0.388 e. The van der Waals surface area contributed by atoms with Crippen molar-refractivity contribution in [2.24, 2.45) is 11.3 Å². The molecule has 122 valence electrons. The first-order valence-electron chi connectivity index (χ1n) is 7.81. The molecule has 23 heavy (non-hydrogen) atoms. The van der Waals surface area contributed by atoms with Gasteiger partial charge in [-0.15, -0.1) is 0 Å². The van der Waals surface area contributed by atoms with Crippen molar-refractivity contribution in [1.29, 1.82) is 0 Å². The Hall–Kier alpha value is -2.00. The van der Waals surface area contributed by atoms with Crippen molar-refractivity contribution in [2.45, 2.75) is 33.3 Å². The summed E-state index contributed by atoms with van der Waals surface area (Å²) in [5.41, 5.74) is 1.00. The second-order valence-corrected chi connectivity index (χ2v) is 6.91. The average molecular weight is 314 g/mol. The van der Waals surface area contributed by atoms with Gasteiger partial charge in [-0.05, 0) is 29.7 Å². The van der Waals surface area contributed by atoms with Gasteiger partial charge in [-0.2, -0.15) is 0 Å². The molecule has 1 N–H and O–H groups in total. The molecule has 0 heterocycles. The maximum atomic E-state index is 13.1. The molecule has 0 amide bonds. The minimum absolute atomic E-state index is 0.00169. The number of hydrogen-bond acceptors (Lipinski definition) is 2. The smallest absolute Gasteiger partial charge is 0.144 e. The van der Waals surface area contributed by atoms with Gasteiger partial charge in [-0.25, -0.2) is 4.39 Å². The van der Waals surface area contributed by atoms with Crippen molar-refractivity contribution in [2.75, 3.05) is 0 Å². The van der Waals surface area contributed by atoms with Gasteiger partial charge in [0.25, 0.3) is 0 Å². The van der Waals surface area contributed by atoms with E-state index in [1.807, 2.05) is 51.1 Å². The van der Waals surface area contributed by atoms with E-state index in [2.05, 4.69) is 0 Å². The molecule has 0 aliphatic rings. The van der Waals surface area contributed by atoms with Crippen LogP contribution < -0.4 is 0 Å². The lowest BCUT2D eigenvalue weighted by Gasteiger charge is -2.28. The monoisotopic (exact) mass is 314 g/mol. The highest BCUT2D eigenvalue weighted by Gasteiger charge is 2.35. The summed E-state index contributed by atoms with van der Waals surface area (Å²) in [7, 11) is 0. The Kier molecular flexibility index (Phi) is 5.32. The summed E-state index contributed by atoms with van der Waals surface area (Å²) in [6, 6.07) is 15.3. The third-order valence-corrected chi connectivity index (χ3v) is 3.97. The first-order chi connectivity index (χ1) is 10.8.